The topological polar surface area (TPSA) is 81.8 Å². The summed E-state index contributed by atoms with van der Waals surface area (Å²) in [6.45, 7) is 4.10. The van der Waals surface area contributed by atoms with Gasteiger partial charge in [0.1, 0.15) is 17.9 Å². The second kappa shape index (κ2) is 8.83. The third-order valence-electron chi connectivity index (χ3n) is 5.79. The molecular weight excluding hydrogens is 453 g/mol. The number of aromatic nitrogens is 4. The molecule has 7 nitrogen and oxygen atoms in total. The van der Waals surface area contributed by atoms with Gasteiger partial charge < -0.3 is 9.88 Å². The minimum Gasteiger partial charge on any atom is -0.348 e. The Morgan fingerprint density at radius 2 is 1.91 bits per heavy atom. The molecular formula is C25H22FN5O2S. The van der Waals surface area contributed by atoms with E-state index in [9.17, 15) is 14.0 Å². The molecule has 9 heteroatoms. The lowest BCUT2D eigenvalue weighted by atomic mass is 10.1. The third kappa shape index (κ3) is 4.10. The lowest BCUT2D eigenvalue weighted by molar-refractivity contribution is -0.122. The van der Waals surface area contributed by atoms with Gasteiger partial charge in [-0.15, -0.1) is 11.3 Å². The number of carbonyl (C=O) groups excluding carboxylic acids is 1. The van der Waals surface area contributed by atoms with Crippen molar-refractivity contribution in [2.45, 2.75) is 33.0 Å². The van der Waals surface area contributed by atoms with E-state index in [2.05, 4.69) is 15.4 Å². The molecule has 1 amide bonds. The van der Waals surface area contributed by atoms with Crippen LogP contribution in [0.15, 0.2) is 65.8 Å². The van der Waals surface area contributed by atoms with Crippen LogP contribution in [0.1, 0.15) is 29.0 Å². The Kier molecular flexibility index (Phi) is 5.70. The summed E-state index contributed by atoms with van der Waals surface area (Å²) in [5.74, 6) is -0.622. The van der Waals surface area contributed by atoms with Crippen molar-refractivity contribution in [3.8, 4) is 0 Å². The monoisotopic (exact) mass is 475 g/mol. The fourth-order valence-electron chi connectivity index (χ4n) is 4.13. The van der Waals surface area contributed by atoms with Crippen molar-refractivity contribution in [2.24, 2.45) is 0 Å². The van der Waals surface area contributed by atoms with Gasteiger partial charge in [-0.25, -0.2) is 9.07 Å². The van der Waals surface area contributed by atoms with Crippen LogP contribution in [0.5, 0.6) is 0 Å². The maximum Gasteiger partial charge on any atom is 0.291 e. The second-order valence-electron chi connectivity index (χ2n) is 8.22. The maximum absolute atomic E-state index is 13.5. The number of hydrogen-bond donors (Lipinski definition) is 1. The molecule has 1 unspecified atom stereocenters. The Morgan fingerprint density at radius 1 is 1.18 bits per heavy atom. The van der Waals surface area contributed by atoms with Crippen molar-refractivity contribution < 1.29 is 9.18 Å². The summed E-state index contributed by atoms with van der Waals surface area (Å²) in [6, 6.07) is 11.7. The number of rotatable bonds is 6. The Morgan fingerprint density at radius 3 is 2.65 bits per heavy atom. The van der Waals surface area contributed by atoms with E-state index in [1.807, 2.05) is 36.6 Å². The van der Waals surface area contributed by atoms with Gasteiger partial charge in [-0.2, -0.15) is 5.10 Å². The number of aryl methyl sites for hydroxylation is 1. The second-order valence-corrected chi connectivity index (χ2v) is 9.48. The van der Waals surface area contributed by atoms with Crippen LogP contribution in [0.25, 0.3) is 21.1 Å². The number of halogens is 1. The van der Waals surface area contributed by atoms with Crippen LogP contribution in [0.2, 0.25) is 0 Å². The standard InChI is InChI=1S/C25H22FN5O2S/c1-15-11-21-24(34-15)20-12-28-31(14-22(32)29-16(2)18-7-9-27-10-8-18)25(33)23(20)30(21)13-17-3-5-19(26)6-4-17/h3-12,16H,13-14H2,1-2H3,(H,29,32). The molecule has 0 saturated carbocycles. The van der Waals surface area contributed by atoms with E-state index < -0.39 is 0 Å². The molecule has 0 bridgehead atoms. The van der Waals surface area contributed by atoms with Gasteiger partial charge in [0.2, 0.25) is 5.91 Å². The Labute approximate surface area is 198 Å². The van der Waals surface area contributed by atoms with Crippen LogP contribution < -0.4 is 10.9 Å². The van der Waals surface area contributed by atoms with Crippen molar-refractivity contribution in [1.29, 1.82) is 0 Å². The van der Waals surface area contributed by atoms with Crippen molar-refractivity contribution in [2.75, 3.05) is 0 Å². The molecule has 0 spiro atoms. The lowest BCUT2D eigenvalue weighted by Gasteiger charge is -2.14. The Balaban J connectivity index is 1.51. The SMILES string of the molecule is Cc1cc2c(s1)c1cnn(CC(=O)NC(C)c3ccncc3)c(=O)c1n2Cc1ccc(F)cc1. The highest BCUT2D eigenvalue weighted by Crippen LogP contribution is 2.34. The van der Waals surface area contributed by atoms with Gasteiger partial charge in [-0.3, -0.25) is 14.6 Å². The summed E-state index contributed by atoms with van der Waals surface area (Å²) < 4.78 is 17.5. The molecule has 5 aromatic rings. The lowest BCUT2D eigenvalue weighted by Crippen LogP contribution is -2.35. The number of nitrogens with zero attached hydrogens (tertiary/aromatic N) is 4. The average molecular weight is 476 g/mol. The molecule has 0 saturated heterocycles. The molecule has 34 heavy (non-hydrogen) atoms. The summed E-state index contributed by atoms with van der Waals surface area (Å²) in [6.07, 6.45) is 4.98. The number of amides is 1. The quantitative estimate of drug-likeness (QED) is 0.399. The highest BCUT2D eigenvalue weighted by Gasteiger charge is 2.20. The first-order valence-electron chi connectivity index (χ1n) is 10.8. The molecule has 1 N–H and O–H groups in total. The fourth-order valence-corrected chi connectivity index (χ4v) is 5.15. The van der Waals surface area contributed by atoms with Gasteiger partial charge >= 0.3 is 0 Å². The number of carbonyl (C=O) groups is 1. The molecule has 0 aliphatic heterocycles. The molecule has 4 aromatic heterocycles. The van der Waals surface area contributed by atoms with Crippen LogP contribution in [-0.2, 0) is 17.9 Å². The average Bonchev–Trinajstić information content (AvgIpc) is 3.34. The minimum absolute atomic E-state index is 0.196. The molecule has 5 rings (SSSR count). The van der Waals surface area contributed by atoms with Crippen molar-refractivity contribution >= 4 is 38.4 Å². The maximum atomic E-state index is 13.5. The van der Waals surface area contributed by atoms with E-state index >= 15 is 0 Å². The van der Waals surface area contributed by atoms with Crippen LogP contribution in [0, 0.1) is 12.7 Å². The molecule has 0 aliphatic carbocycles. The smallest absolute Gasteiger partial charge is 0.291 e. The van der Waals surface area contributed by atoms with E-state index in [4.69, 9.17) is 0 Å². The summed E-state index contributed by atoms with van der Waals surface area (Å²) in [5.41, 5.74) is 2.86. The van der Waals surface area contributed by atoms with E-state index in [-0.39, 0.29) is 29.9 Å². The van der Waals surface area contributed by atoms with Gasteiger partial charge in [0, 0.05) is 29.2 Å². The molecule has 1 aromatic carbocycles. The highest BCUT2D eigenvalue weighted by molar-refractivity contribution is 7.20. The summed E-state index contributed by atoms with van der Waals surface area (Å²) >= 11 is 1.60. The predicted molar refractivity (Wildman–Crippen MR) is 130 cm³/mol. The van der Waals surface area contributed by atoms with E-state index in [1.165, 1.54) is 16.8 Å². The van der Waals surface area contributed by atoms with Crippen LogP contribution in [-0.4, -0.2) is 25.2 Å². The normalized spacial score (nSPS) is 12.3. The molecule has 0 fully saturated rings. The summed E-state index contributed by atoms with van der Waals surface area (Å²) in [4.78, 5) is 31.3. The summed E-state index contributed by atoms with van der Waals surface area (Å²) in [7, 11) is 0. The fraction of sp³-hybridized carbons (Fsp3) is 0.200. The zero-order chi connectivity index (χ0) is 23.8. The van der Waals surface area contributed by atoms with Gasteiger partial charge in [0.05, 0.1) is 22.5 Å². The van der Waals surface area contributed by atoms with Crippen LogP contribution in [0.3, 0.4) is 0 Å². The Hall–Kier alpha value is -3.85. The zero-order valence-electron chi connectivity index (χ0n) is 18.7. The van der Waals surface area contributed by atoms with Gasteiger partial charge in [0.15, 0.2) is 0 Å². The molecule has 172 valence electrons. The first-order valence-corrected chi connectivity index (χ1v) is 11.6. The number of pyridine rings is 1. The Bertz CT molecular complexity index is 1550. The first kappa shape index (κ1) is 22.0. The highest BCUT2D eigenvalue weighted by atomic mass is 32.1. The first-order chi connectivity index (χ1) is 16.4. The van der Waals surface area contributed by atoms with Crippen molar-refractivity contribution in [1.82, 2.24) is 24.6 Å². The van der Waals surface area contributed by atoms with Gasteiger partial charge in [-0.05, 0) is 55.3 Å². The largest absolute Gasteiger partial charge is 0.348 e. The van der Waals surface area contributed by atoms with Gasteiger partial charge in [-0.1, -0.05) is 12.1 Å². The molecule has 4 heterocycles. The number of benzene rings is 1. The number of fused-ring (bicyclic) bond motifs is 3. The third-order valence-corrected chi connectivity index (χ3v) is 6.86. The van der Waals surface area contributed by atoms with Crippen LogP contribution >= 0.6 is 11.3 Å². The molecule has 1 atom stereocenters. The molecule has 0 aliphatic rings. The van der Waals surface area contributed by atoms with E-state index in [0.717, 1.165) is 31.6 Å². The number of thiophene rings is 1. The predicted octanol–water partition coefficient (Wildman–Crippen LogP) is 4.18. The number of hydrogen-bond acceptors (Lipinski definition) is 5. The number of nitrogens with one attached hydrogen (secondary N) is 1. The van der Waals surface area contributed by atoms with E-state index in [1.54, 1.807) is 42.1 Å². The van der Waals surface area contributed by atoms with Crippen LogP contribution in [0.4, 0.5) is 4.39 Å². The van der Waals surface area contributed by atoms with E-state index in [0.29, 0.717) is 12.1 Å². The van der Waals surface area contributed by atoms with Crippen molar-refractivity contribution in [3.05, 3.63) is 93.2 Å². The van der Waals surface area contributed by atoms with Crippen molar-refractivity contribution in [3.63, 3.8) is 0 Å². The zero-order valence-corrected chi connectivity index (χ0v) is 19.5. The molecule has 0 radical (unpaired) electrons. The minimum atomic E-state index is -0.340. The van der Waals surface area contributed by atoms with Gasteiger partial charge in [0.25, 0.3) is 5.56 Å². The summed E-state index contributed by atoms with van der Waals surface area (Å²) in [5, 5.41) is 7.95.